The quantitative estimate of drug-likeness (QED) is 0.753. The zero-order valence-corrected chi connectivity index (χ0v) is 13.9. The minimum atomic E-state index is -3.57. The molecule has 0 unspecified atom stereocenters. The van der Waals surface area contributed by atoms with Crippen LogP contribution in [0.4, 0.5) is 0 Å². The number of ether oxygens (including phenoxy) is 1. The molecule has 118 valence electrons. The molecule has 0 atom stereocenters. The van der Waals surface area contributed by atoms with Crippen molar-refractivity contribution in [3.8, 4) is 5.75 Å². The molecule has 1 aliphatic carbocycles. The van der Waals surface area contributed by atoms with E-state index < -0.39 is 10.0 Å². The van der Waals surface area contributed by atoms with Crippen LogP contribution in [0.3, 0.4) is 0 Å². The van der Waals surface area contributed by atoms with Gasteiger partial charge >= 0.3 is 0 Å². The predicted octanol–water partition coefficient (Wildman–Crippen LogP) is 1.40. The molecule has 0 heterocycles. The Morgan fingerprint density at radius 3 is 2.67 bits per heavy atom. The summed E-state index contributed by atoms with van der Waals surface area (Å²) in [6.45, 7) is 0.339. The summed E-state index contributed by atoms with van der Waals surface area (Å²) in [5, 5.41) is 9.12. The fraction of sp³-hybridized carbons (Fsp3) is 0.571. The third-order valence-corrected chi connectivity index (χ3v) is 6.68. The van der Waals surface area contributed by atoms with Crippen LogP contribution in [-0.4, -0.2) is 44.8 Å². The lowest BCUT2D eigenvalue weighted by Gasteiger charge is -2.16. The lowest BCUT2D eigenvalue weighted by atomic mass is 10.1. The molecule has 1 aromatic rings. The molecule has 7 heteroatoms. The van der Waals surface area contributed by atoms with Gasteiger partial charge in [-0.15, -0.1) is 0 Å². The van der Waals surface area contributed by atoms with E-state index in [1.165, 1.54) is 13.2 Å². The van der Waals surface area contributed by atoms with Gasteiger partial charge in [-0.05, 0) is 49.3 Å². The van der Waals surface area contributed by atoms with Gasteiger partial charge < -0.3 is 9.84 Å². The van der Waals surface area contributed by atoms with Crippen LogP contribution in [0.15, 0.2) is 23.1 Å². The Labute approximate surface area is 130 Å². The summed E-state index contributed by atoms with van der Waals surface area (Å²) in [5.74, 6) is 0.583. The Kier molecular flexibility index (Phi) is 5.19. The van der Waals surface area contributed by atoms with Gasteiger partial charge in [0, 0.05) is 17.9 Å². The number of nitrogens with one attached hydrogen (secondary N) is 1. The van der Waals surface area contributed by atoms with Crippen molar-refractivity contribution in [1.82, 2.24) is 4.72 Å². The molecule has 0 amide bonds. The number of hydrogen-bond donors (Lipinski definition) is 2. The highest BCUT2D eigenvalue weighted by Gasteiger charge is 2.42. The van der Waals surface area contributed by atoms with E-state index in [9.17, 15) is 8.42 Å². The maximum Gasteiger partial charge on any atom is 0.240 e. The second kappa shape index (κ2) is 6.56. The monoisotopic (exact) mass is 331 g/mol. The first-order chi connectivity index (χ1) is 9.96. The zero-order chi connectivity index (χ0) is 15.5. The highest BCUT2D eigenvalue weighted by Crippen LogP contribution is 2.46. The topological polar surface area (TPSA) is 75.6 Å². The van der Waals surface area contributed by atoms with E-state index in [1.807, 2.05) is 6.26 Å². The number of rotatable bonds is 8. The van der Waals surface area contributed by atoms with Gasteiger partial charge in [0.05, 0.1) is 12.0 Å². The summed E-state index contributed by atoms with van der Waals surface area (Å²) < 4.78 is 32.8. The minimum absolute atomic E-state index is 0.0662. The van der Waals surface area contributed by atoms with Crippen molar-refractivity contribution >= 4 is 21.8 Å². The summed E-state index contributed by atoms with van der Waals surface area (Å²) in [7, 11) is -2.04. The maximum atomic E-state index is 12.5. The van der Waals surface area contributed by atoms with E-state index in [0.717, 1.165) is 12.8 Å². The fourth-order valence-corrected chi connectivity index (χ4v) is 4.35. The number of aliphatic hydroxyl groups excluding tert-OH is 1. The Morgan fingerprint density at radius 2 is 2.14 bits per heavy atom. The summed E-state index contributed by atoms with van der Waals surface area (Å²) in [6.07, 6.45) is 4.37. The van der Waals surface area contributed by atoms with Crippen LogP contribution in [0.5, 0.6) is 5.75 Å². The molecular formula is C14H21NO4S2. The van der Waals surface area contributed by atoms with E-state index in [1.54, 1.807) is 23.9 Å². The molecule has 0 bridgehead atoms. The molecule has 0 saturated heterocycles. The molecule has 1 saturated carbocycles. The zero-order valence-electron chi connectivity index (χ0n) is 12.3. The highest BCUT2D eigenvalue weighted by molar-refractivity contribution is 8.00. The van der Waals surface area contributed by atoms with E-state index in [0.29, 0.717) is 17.9 Å². The minimum Gasteiger partial charge on any atom is -0.497 e. The molecule has 0 aliphatic heterocycles. The van der Waals surface area contributed by atoms with Crippen LogP contribution in [0.1, 0.15) is 18.4 Å². The Hall–Kier alpha value is -0.760. The number of aliphatic hydroxyl groups is 1. The van der Waals surface area contributed by atoms with Gasteiger partial charge in [-0.25, -0.2) is 13.1 Å². The van der Waals surface area contributed by atoms with Crippen molar-refractivity contribution in [3.05, 3.63) is 23.8 Å². The van der Waals surface area contributed by atoms with Crippen LogP contribution in [0, 0.1) is 0 Å². The standard InChI is InChI=1S/C14H21NO4S2/c1-19-12-3-4-13(11(9-12)5-8-16)21(17,18)15-10-14(20-2)6-7-14/h3-4,9,15-16H,5-8,10H2,1-2H3. The van der Waals surface area contributed by atoms with Crippen LogP contribution in [-0.2, 0) is 16.4 Å². The van der Waals surface area contributed by atoms with Gasteiger partial charge in [-0.3, -0.25) is 0 Å². The smallest absolute Gasteiger partial charge is 0.240 e. The molecule has 21 heavy (non-hydrogen) atoms. The lowest BCUT2D eigenvalue weighted by molar-refractivity contribution is 0.298. The summed E-state index contributed by atoms with van der Waals surface area (Å²) in [5.41, 5.74) is 0.568. The van der Waals surface area contributed by atoms with Crippen molar-refractivity contribution in [1.29, 1.82) is 0 Å². The normalized spacial score (nSPS) is 16.7. The van der Waals surface area contributed by atoms with Crippen LogP contribution < -0.4 is 9.46 Å². The van der Waals surface area contributed by atoms with Crippen LogP contribution >= 0.6 is 11.8 Å². The van der Waals surface area contributed by atoms with Crippen molar-refractivity contribution < 1.29 is 18.3 Å². The summed E-state index contributed by atoms with van der Waals surface area (Å²) >= 11 is 1.71. The van der Waals surface area contributed by atoms with E-state index in [2.05, 4.69) is 4.72 Å². The summed E-state index contributed by atoms with van der Waals surface area (Å²) in [4.78, 5) is 0.217. The molecular weight excluding hydrogens is 310 g/mol. The number of benzene rings is 1. The number of hydrogen-bond acceptors (Lipinski definition) is 5. The first-order valence-electron chi connectivity index (χ1n) is 6.79. The van der Waals surface area contributed by atoms with Gasteiger partial charge in [-0.1, -0.05) is 0 Å². The van der Waals surface area contributed by atoms with E-state index in [-0.39, 0.29) is 22.7 Å². The van der Waals surface area contributed by atoms with Crippen LogP contribution in [0.25, 0.3) is 0 Å². The van der Waals surface area contributed by atoms with Crippen LogP contribution in [0.2, 0.25) is 0 Å². The van der Waals surface area contributed by atoms with Gasteiger partial charge in [0.25, 0.3) is 0 Å². The fourth-order valence-electron chi connectivity index (χ4n) is 2.16. The van der Waals surface area contributed by atoms with Gasteiger partial charge in [0.1, 0.15) is 5.75 Å². The molecule has 1 aliphatic rings. The largest absolute Gasteiger partial charge is 0.497 e. The first-order valence-corrected chi connectivity index (χ1v) is 9.50. The number of methoxy groups -OCH3 is 1. The first kappa shape index (κ1) is 16.6. The maximum absolute atomic E-state index is 12.5. The van der Waals surface area contributed by atoms with Gasteiger partial charge in [-0.2, -0.15) is 11.8 Å². The molecule has 1 aromatic carbocycles. The molecule has 0 spiro atoms. The highest BCUT2D eigenvalue weighted by atomic mass is 32.2. The average Bonchev–Trinajstić information content (AvgIpc) is 3.26. The molecule has 1 fully saturated rings. The Balaban J connectivity index is 2.22. The summed E-state index contributed by atoms with van der Waals surface area (Å²) in [6, 6.07) is 4.81. The predicted molar refractivity (Wildman–Crippen MR) is 84.5 cm³/mol. The van der Waals surface area contributed by atoms with Crippen molar-refractivity contribution in [3.63, 3.8) is 0 Å². The molecule has 2 rings (SSSR count). The van der Waals surface area contributed by atoms with Crippen molar-refractivity contribution in [2.24, 2.45) is 0 Å². The molecule has 0 aromatic heterocycles. The van der Waals surface area contributed by atoms with E-state index >= 15 is 0 Å². The number of thioether (sulfide) groups is 1. The third-order valence-electron chi connectivity index (χ3n) is 3.76. The molecule has 2 N–H and O–H groups in total. The average molecular weight is 331 g/mol. The van der Waals surface area contributed by atoms with Gasteiger partial charge in [0.15, 0.2) is 0 Å². The third kappa shape index (κ3) is 3.91. The Bertz CT molecular complexity index is 597. The SMILES string of the molecule is COc1ccc(S(=O)(=O)NCC2(SC)CC2)c(CCO)c1. The van der Waals surface area contributed by atoms with Crippen molar-refractivity contribution in [2.45, 2.75) is 28.9 Å². The Morgan fingerprint density at radius 1 is 1.43 bits per heavy atom. The van der Waals surface area contributed by atoms with Gasteiger partial charge in [0.2, 0.25) is 10.0 Å². The van der Waals surface area contributed by atoms with E-state index in [4.69, 9.17) is 9.84 Å². The van der Waals surface area contributed by atoms with Crippen molar-refractivity contribution in [2.75, 3.05) is 26.5 Å². The molecule has 5 nitrogen and oxygen atoms in total. The number of sulfonamides is 1. The second-order valence-electron chi connectivity index (χ2n) is 5.16. The molecule has 0 radical (unpaired) electrons. The second-order valence-corrected chi connectivity index (χ2v) is 8.17. The lowest BCUT2D eigenvalue weighted by Crippen LogP contribution is -2.32.